The monoisotopic (exact) mass is 314 g/mol. The lowest BCUT2D eigenvalue weighted by molar-refractivity contribution is -0.119. The van der Waals surface area contributed by atoms with Gasteiger partial charge in [-0.3, -0.25) is 4.79 Å². The number of hydrogen-bond donors (Lipinski definition) is 1. The Hall–Kier alpha value is -2.40. The van der Waals surface area contributed by atoms with Gasteiger partial charge in [-0.05, 0) is 42.0 Å². The number of methoxy groups -OCH3 is 1. The van der Waals surface area contributed by atoms with Crippen molar-refractivity contribution >= 4 is 28.9 Å². The van der Waals surface area contributed by atoms with Crippen LogP contribution < -0.4 is 15.0 Å². The van der Waals surface area contributed by atoms with Gasteiger partial charge in [0.2, 0.25) is 5.91 Å². The van der Waals surface area contributed by atoms with Crippen molar-refractivity contribution < 1.29 is 9.53 Å². The Morgan fingerprint density at radius 1 is 1.14 bits per heavy atom. The van der Waals surface area contributed by atoms with Crippen molar-refractivity contribution in [1.29, 1.82) is 0 Å². The second kappa shape index (κ2) is 7.56. The quantitative estimate of drug-likeness (QED) is 0.881. The zero-order chi connectivity index (χ0) is 15.9. The van der Waals surface area contributed by atoms with Crippen LogP contribution in [0.25, 0.3) is 0 Å². The number of benzene rings is 2. The molecule has 0 aliphatic rings. The van der Waals surface area contributed by atoms with Gasteiger partial charge in [0.1, 0.15) is 5.75 Å². The van der Waals surface area contributed by atoms with Gasteiger partial charge in [-0.1, -0.05) is 30.3 Å². The van der Waals surface area contributed by atoms with Crippen molar-refractivity contribution in [3.63, 3.8) is 0 Å². The van der Waals surface area contributed by atoms with Crippen molar-refractivity contribution in [3.8, 4) is 5.75 Å². The molecule has 2 aromatic rings. The van der Waals surface area contributed by atoms with E-state index >= 15 is 0 Å². The third kappa shape index (κ3) is 4.30. The molecule has 0 fully saturated rings. The minimum atomic E-state index is -0.141. The summed E-state index contributed by atoms with van der Waals surface area (Å²) >= 11 is 5.26. The zero-order valence-corrected chi connectivity index (χ0v) is 13.4. The first-order valence-electron chi connectivity index (χ1n) is 6.85. The van der Waals surface area contributed by atoms with Gasteiger partial charge in [0.25, 0.3) is 0 Å². The predicted molar refractivity (Wildman–Crippen MR) is 92.3 cm³/mol. The van der Waals surface area contributed by atoms with Gasteiger partial charge in [0.15, 0.2) is 5.11 Å². The van der Waals surface area contributed by atoms with E-state index in [-0.39, 0.29) is 12.3 Å². The Labute approximate surface area is 135 Å². The molecular weight excluding hydrogens is 296 g/mol. The van der Waals surface area contributed by atoms with E-state index in [0.717, 1.165) is 17.0 Å². The Morgan fingerprint density at radius 3 is 2.36 bits per heavy atom. The van der Waals surface area contributed by atoms with Crippen LogP contribution in [-0.4, -0.2) is 25.2 Å². The van der Waals surface area contributed by atoms with Crippen LogP contribution in [0, 0.1) is 0 Å². The second-order valence-corrected chi connectivity index (χ2v) is 5.16. The van der Waals surface area contributed by atoms with Crippen LogP contribution in [0.2, 0.25) is 0 Å². The third-order valence-electron chi connectivity index (χ3n) is 3.22. The molecule has 0 bridgehead atoms. The maximum Gasteiger partial charge on any atom is 0.230 e. The number of nitrogens with zero attached hydrogens (tertiary/aromatic N) is 1. The highest BCUT2D eigenvalue weighted by Gasteiger charge is 2.11. The Kier molecular flexibility index (Phi) is 5.49. The molecule has 5 heteroatoms. The predicted octanol–water partition coefficient (Wildman–Crippen LogP) is 2.78. The van der Waals surface area contributed by atoms with E-state index in [2.05, 4.69) is 5.32 Å². The number of anilines is 1. The highest BCUT2D eigenvalue weighted by molar-refractivity contribution is 7.80. The number of amides is 1. The smallest absolute Gasteiger partial charge is 0.230 e. The van der Waals surface area contributed by atoms with E-state index in [4.69, 9.17) is 17.0 Å². The summed E-state index contributed by atoms with van der Waals surface area (Å²) in [6, 6.07) is 17.0. The zero-order valence-electron chi connectivity index (χ0n) is 12.6. The van der Waals surface area contributed by atoms with Crippen molar-refractivity contribution in [2.45, 2.75) is 6.42 Å². The summed E-state index contributed by atoms with van der Waals surface area (Å²) in [5, 5.41) is 3.12. The van der Waals surface area contributed by atoms with Crippen molar-refractivity contribution in [2.24, 2.45) is 0 Å². The first kappa shape index (κ1) is 16.0. The third-order valence-corrected chi connectivity index (χ3v) is 3.59. The van der Waals surface area contributed by atoms with Gasteiger partial charge < -0.3 is 15.0 Å². The van der Waals surface area contributed by atoms with Crippen LogP contribution in [0.3, 0.4) is 0 Å². The average molecular weight is 314 g/mol. The SMILES string of the molecule is COc1ccc(CC(=O)NC(=S)N(C)c2ccccc2)cc1. The molecule has 22 heavy (non-hydrogen) atoms. The molecule has 0 spiro atoms. The summed E-state index contributed by atoms with van der Waals surface area (Å²) in [6.07, 6.45) is 0.271. The number of para-hydroxylation sites is 1. The van der Waals surface area contributed by atoms with E-state index in [1.165, 1.54) is 0 Å². The van der Waals surface area contributed by atoms with Gasteiger partial charge in [-0.15, -0.1) is 0 Å². The molecule has 0 heterocycles. The largest absolute Gasteiger partial charge is 0.497 e. The van der Waals surface area contributed by atoms with Gasteiger partial charge in [0.05, 0.1) is 13.5 Å². The molecule has 0 aliphatic heterocycles. The first-order chi connectivity index (χ1) is 10.6. The summed E-state index contributed by atoms with van der Waals surface area (Å²) in [6.45, 7) is 0. The number of hydrogen-bond acceptors (Lipinski definition) is 3. The summed E-state index contributed by atoms with van der Waals surface area (Å²) in [7, 11) is 3.44. The lowest BCUT2D eigenvalue weighted by atomic mass is 10.1. The molecule has 1 N–H and O–H groups in total. The highest BCUT2D eigenvalue weighted by atomic mass is 32.1. The normalized spacial score (nSPS) is 9.91. The van der Waals surface area contributed by atoms with Crippen molar-refractivity contribution in [3.05, 3.63) is 60.2 Å². The standard InChI is InChI=1S/C17H18N2O2S/c1-19(14-6-4-3-5-7-14)17(22)18-16(20)12-13-8-10-15(21-2)11-9-13/h3-11H,12H2,1-2H3,(H,18,20,22). The summed E-state index contributed by atoms with van der Waals surface area (Å²) in [5.74, 6) is 0.626. The highest BCUT2D eigenvalue weighted by Crippen LogP contribution is 2.13. The Bertz CT molecular complexity index is 641. The summed E-state index contributed by atoms with van der Waals surface area (Å²) in [5.41, 5.74) is 1.83. The minimum absolute atomic E-state index is 0.141. The average Bonchev–Trinajstić information content (AvgIpc) is 2.55. The minimum Gasteiger partial charge on any atom is -0.497 e. The fraction of sp³-hybridized carbons (Fsp3) is 0.176. The number of ether oxygens (including phenoxy) is 1. The number of carbonyl (C=O) groups is 1. The van der Waals surface area contributed by atoms with Crippen LogP contribution in [-0.2, 0) is 11.2 Å². The molecule has 2 aromatic carbocycles. The van der Waals surface area contributed by atoms with Crippen LogP contribution >= 0.6 is 12.2 Å². The number of carbonyl (C=O) groups excluding carboxylic acids is 1. The van der Waals surface area contributed by atoms with Gasteiger partial charge in [-0.2, -0.15) is 0 Å². The number of thiocarbonyl (C=S) groups is 1. The molecule has 0 aliphatic carbocycles. The van der Waals surface area contributed by atoms with E-state index in [0.29, 0.717) is 5.11 Å². The maximum absolute atomic E-state index is 12.1. The van der Waals surface area contributed by atoms with E-state index < -0.39 is 0 Å². The molecule has 0 saturated carbocycles. The van der Waals surface area contributed by atoms with Gasteiger partial charge in [-0.25, -0.2) is 0 Å². The molecule has 114 valence electrons. The number of rotatable bonds is 4. The Balaban J connectivity index is 1.92. The molecule has 1 amide bonds. The molecule has 4 nitrogen and oxygen atoms in total. The summed E-state index contributed by atoms with van der Waals surface area (Å²) < 4.78 is 5.09. The van der Waals surface area contributed by atoms with E-state index in [1.807, 2.05) is 61.6 Å². The first-order valence-corrected chi connectivity index (χ1v) is 7.26. The van der Waals surface area contributed by atoms with Gasteiger partial charge in [0, 0.05) is 12.7 Å². The van der Waals surface area contributed by atoms with Crippen molar-refractivity contribution in [1.82, 2.24) is 5.32 Å². The van der Waals surface area contributed by atoms with Crippen molar-refractivity contribution in [2.75, 3.05) is 19.1 Å². The topological polar surface area (TPSA) is 41.6 Å². The van der Waals surface area contributed by atoms with Crippen LogP contribution in [0.5, 0.6) is 5.75 Å². The molecule has 0 saturated heterocycles. The van der Waals surface area contributed by atoms with Crippen LogP contribution in [0.4, 0.5) is 5.69 Å². The Morgan fingerprint density at radius 2 is 1.77 bits per heavy atom. The van der Waals surface area contributed by atoms with Gasteiger partial charge >= 0.3 is 0 Å². The molecule has 2 rings (SSSR count). The molecule has 0 atom stereocenters. The lowest BCUT2D eigenvalue weighted by Crippen LogP contribution is -2.41. The molecule has 0 aromatic heterocycles. The second-order valence-electron chi connectivity index (χ2n) is 4.77. The lowest BCUT2D eigenvalue weighted by Gasteiger charge is -2.20. The fourth-order valence-electron chi connectivity index (χ4n) is 1.94. The number of nitrogens with one attached hydrogen (secondary N) is 1. The maximum atomic E-state index is 12.1. The van der Waals surface area contributed by atoms with E-state index in [1.54, 1.807) is 12.0 Å². The molecule has 0 radical (unpaired) electrons. The summed E-state index contributed by atoms with van der Waals surface area (Å²) in [4.78, 5) is 13.8. The molecular formula is C17H18N2O2S. The van der Waals surface area contributed by atoms with E-state index in [9.17, 15) is 4.79 Å². The van der Waals surface area contributed by atoms with Crippen LogP contribution in [0.1, 0.15) is 5.56 Å². The van der Waals surface area contributed by atoms with Crippen LogP contribution in [0.15, 0.2) is 54.6 Å². The fourth-order valence-corrected chi connectivity index (χ4v) is 2.16. The molecule has 0 unspecified atom stereocenters.